The molecule has 276 valence electrons. The number of Topliss-reactive ketones (excluding diaryl/α,β-unsaturated/α-hetero) is 1. The number of sulfonamides is 1. The number of alkyl halides is 3. The second kappa shape index (κ2) is 18.4. The molecule has 0 aliphatic rings. The first-order valence-electron chi connectivity index (χ1n) is 16.0. The molecule has 3 atom stereocenters. The summed E-state index contributed by atoms with van der Waals surface area (Å²) in [6, 6.07) is 16.9. The third-order valence-corrected chi connectivity index (χ3v) is 9.81. The molecule has 0 radical (unpaired) electrons. The van der Waals surface area contributed by atoms with Crippen molar-refractivity contribution in [1.82, 2.24) is 20.3 Å². The maximum absolute atomic E-state index is 14.0. The minimum absolute atomic E-state index is 0.0510. The first-order chi connectivity index (χ1) is 24.7. The van der Waals surface area contributed by atoms with Crippen molar-refractivity contribution in [2.75, 3.05) is 6.54 Å². The molecule has 0 spiro atoms. The molecule has 0 saturated heterocycles. The maximum atomic E-state index is 14.0. The van der Waals surface area contributed by atoms with Gasteiger partial charge in [-0.05, 0) is 42.0 Å². The highest BCUT2D eigenvalue weighted by molar-refractivity contribution is 7.88. The molecule has 1 heterocycles. The average molecular weight is 758 g/mol. The fourth-order valence-electron chi connectivity index (χ4n) is 5.22. The van der Waals surface area contributed by atoms with Crippen molar-refractivity contribution in [1.29, 1.82) is 0 Å². The van der Waals surface area contributed by atoms with Crippen molar-refractivity contribution >= 4 is 44.9 Å². The van der Waals surface area contributed by atoms with Gasteiger partial charge in [-0.3, -0.25) is 19.4 Å². The van der Waals surface area contributed by atoms with E-state index in [0.29, 0.717) is 11.1 Å². The summed E-state index contributed by atoms with van der Waals surface area (Å²) < 4.78 is 69.9. The van der Waals surface area contributed by atoms with Gasteiger partial charge in [0.1, 0.15) is 12.1 Å². The highest BCUT2D eigenvalue weighted by atomic mass is 32.2. The number of benzene rings is 3. The number of carbonyl (C=O) groups is 3. The number of carbonyl (C=O) groups excluding carboxylic acids is 3. The van der Waals surface area contributed by atoms with Crippen molar-refractivity contribution in [3.63, 3.8) is 0 Å². The molecule has 0 unspecified atom stereocenters. The number of halogens is 3. The Morgan fingerprint density at radius 1 is 0.808 bits per heavy atom. The quantitative estimate of drug-likeness (QED) is 0.0441. The van der Waals surface area contributed by atoms with Gasteiger partial charge >= 0.3 is 6.18 Å². The number of hydrogen-bond acceptors (Lipinski definition) is 8. The number of guanidine groups is 1. The number of thiazole rings is 1. The molecule has 17 heteroatoms. The van der Waals surface area contributed by atoms with Crippen LogP contribution in [0.5, 0.6) is 0 Å². The Kier molecular flexibility index (Phi) is 14.0. The Balaban J connectivity index is 1.65. The van der Waals surface area contributed by atoms with Crippen LogP contribution in [0.1, 0.15) is 44.9 Å². The minimum atomic E-state index is -4.69. The number of nitrogens with two attached hydrogens (primary N) is 2. The number of nitrogens with zero attached hydrogens (tertiary/aromatic N) is 2. The van der Waals surface area contributed by atoms with Crippen LogP contribution in [0.2, 0.25) is 0 Å². The second-order valence-corrected chi connectivity index (χ2v) is 14.4. The van der Waals surface area contributed by atoms with Gasteiger partial charge in [0.15, 0.2) is 11.0 Å². The van der Waals surface area contributed by atoms with Crippen LogP contribution in [0.4, 0.5) is 13.2 Å². The van der Waals surface area contributed by atoms with Gasteiger partial charge in [-0.1, -0.05) is 78.9 Å². The lowest BCUT2D eigenvalue weighted by Crippen LogP contribution is -2.57. The van der Waals surface area contributed by atoms with Gasteiger partial charge < -0.3 is 22.1 Å². The number of ketones is 1. The van der Waals surface area contributed by atoms with Crippen LogP contribution in [0, 0.1) is 0 Å². The van der Waals surface area contributed by atoms with E-state index in [2.05, 4.69) is 25.3 Å². The van der Waals surface area contributed by atoms with Crippen molar-refractivity contribution in [3.8, 4) is 0 Å². The van der Waals surface area contributed by atoms with Crippen molar-refractivity contribution < 1.29 is 36.0 Å². The average Bonchev–Trinajstić information content (AvgIpc) is 3.64. The van der Waals surface area contributed by atoms with Crippen LogP contribution in [-0.4, -0.2) is 61.6 Å². The normalized spacial score (nSPS) is 13.4. The SMILES string of the molecule is NC(N)=NCCC[C@H](NC(=O)[C@H](Cc1cccc(C(F)(F)F)c1)NC(=O)[C@@H](Cc1ccccc1)NS(=O)(=O)Cc1ccccc1)C(=O)c1nccs1. The second-order valence-electron chi connectivity index (χ2n) is 11.8. The number of rotatable bonds is 18. The summed E-state index contributed by atoms with van der Waals surface area (Å²) in [4.78, 5) is 49.3. The van der Waals surface area contributed by atoms with Gasteiger partial charge in [0.05, 0.1) is 17.4 Å². The van der Waals surface area contributed by atoms with Gasteiger partial charge in [0, 0.05) is 24.5 Å². The smallest absolute Gasteiger partial charge is 0.370 e. The van der Waals surface area contributed by atoms with E-state index in [9.17, 15) is 36.0 Å². The Morgan fingerprint density at radius 3 is 2.02 bits per heavy atom. The predicted octanol–water partition coefficient (Wildman–Crippen LogP) is 3.34. The summed E-state index contributed by atoms with van der Waals surface area (Å²) in [6.07, 6.45) is -3.50. The van der Waals surface area contributed by atoms with Crippen LogP contribution < -0.4 is 26.8 Å². The molecule has 2 amide bonds. The molecule has 0 fully saturated rings. The van der Waals surface area contributed by atoms with E-state index in [4.69, 9.17) is 11.5 Å². The monoisotopic (exact) mass is 757 g/mol. The van der Waals surface area contributed by atoms with E-state index in [-0.39, 0.29) is 42.3 Å². The lowest BCUT2D eigenvalue weighted by atomic mass is 10.00. The molecule has 1 aromatic heterocycles. The third kappa shape index (κ3) is 12.6. The fourth-order valence-corrected chi connectivity index (χ4v) is 7.19. The highest BCUT2D eigenvalue weighted by Crippen LogP contribution is 2.30. The minimum Gasteiger partial charge on any atom is -0.370 e. The summed E-state index contributed by atoms with van der Waals surface area (Å²) in [5.74, 6) is -2.95. The number of hydrogen-bond donors (Lipinski definition) is 5. The summed E-state index contributed by atoms with van der Waals surface area (Å²) >= 11 is 1.05. The van der Waals surface area contributed by atoms with Gasteiger partial charge in [-0.25, -0.2) is 18.1 Å². The Bertz CT molecular complexity index is 1920. The maximum Gasteiger partial charge on any atom is 0.416 e. The Labute approximate surface area is 303 Å². The van der Waals surface area contributed by atoms with Crippen molar-refractivity contribution in [2.24, 2.45) is 16.5 Å². The molecule has 12 nitrogen and oxygen atoms in total. The number of nitrogens with one attached hydrogen (secondary N) is 3. The van der Waals surface area contributed by atoms with E-state index >= 15 is 0 Å². The summed E-state index contributed by atoms with van der Waals surface area (Å²) in [5, 5.41) is 6.85. The van der Waals surface area contributed by atoms with Crippen molar-refractivity contribution in [2.45, 2.75) is 55.7 Å². The molecule has 4 rings (SSSR count). The van der Waals surface area contributed by atoms with Crippen LogP contribution in [0.25, 0.3) is 0 Å². The predicted molar refractivity (Wildman–Crippen MR) is 192 cm³/mol. The van der Waals surface area contributed by atoms with Gasteiger partial charge in [0.25, 0.3) is 0 Å². The number of amides is 2. The summed E-state index contributed by atoms with van der Waals surface area (Å²) in [5.41, 5.74) is 10.9. The van der Waals surface area contributed by atoms with E-state index in [1.807, 2.05) is 0 Å². The Hall–Kier alpha value is -5.13. The van der Waals surface area contributed by atoms with Crippen LogP contribution in [-0.2, 0) is 44.4 Å². The van der Waals surface area contributed by atoms with Gasteiger partial charge in [-0.15, -0.1) is 11.3 Å². The molecular weight excluding hydrogens is 720 g/mol. The van der Waals surface area contributed by atoms with Crippen molar-refractivity contribution in [3.05, 3.63) is 124 Å². The zero-order valence-electron chi connectivity index (χ0n) is 27.8. The molecule has 7 N–H and O–H groups in total. The Morgan fingerprint density at radius 2 is 1.40 bits per heavy atom. The first kappa shape index (κ1) is 39.7. The molecular formula is C35H38F3N7O5S2. The zero-order valence-corrected chi connectivity index (χ0v) is 29.4. The topological polar surface area (TPSA) is 199 Å². The lowest BCUT2D eigenvalue weighted by Gasteiger charge is -2.25. The third-order valence-electron chi connectivity index (χ3n) is 7.67. The molecule has 52 heavy (non-hydrogen) atoms. The van der Waals surface area contributed by atoms with E-state index in [1.54, 1.807) is 66.0 Å². The molecule has 0 saturated carbocycles. The van der Waals surface area contributed by atoms with Crippen LogP contribution in [0.15, 0.2) is 101 Å². The van der Waals surface area contributed by atoms with E-state index in [0.717, 1.165) is 23.5 Å². The first-order valence-corrected chi connectivity index (χ1v) is 18.6. The van der Waals surface area contributed by atoms with Gasteiger partial charge in [0.2, 0.25) is 27.6 Å². The van der Waals surface area contributed by atoms with Crippen LogP contribution >= 0.6 is 11.3 Å². The molecule has 4 aromatic rings. The van der Waals surface area contributed by atoms with E-state index < -0.39 is 69.7 Å². The molecule has 0 bridgehead atoms. The highest BCUT2D eigenvalue weighted by Gasteiger charge is 2.34. The molecule has 0 aliphatic heterocycles. The lowest BCUT2D eigenvalue weighted by molar-refractivity contribution is -0.137. The van der Waals surface area contributed by atoms with Gasteiger partial charge in [-0.2, -0.15) is 13.2 Å². The standard InChI is InChI=1S/C35H38F3N7O5S2/c36-35(37,38)26-14-7-13-25(19-26)21-28(31(47)43-27(15-8-16-42-34(39)40)30(46)33-41-17-18-51-33)44-32(48)29(20-23-9-3-1-4-10-23)45-52(49,50)22-24-11-5-2-6-12-24/h1-7,9-14,17-19,27-29,45H,8,15-16,20-22H2,(H,43,47)(H,44,48)(H4,39,40,42)/t27-,28-,29+/m0/s1. The largest absolute Gasteiger partial charge is 0.416 e. The number of aliphatic imine (C=N–C) groups is 1. The molecule has 3 aromatic carbocycles. The van der Waals surface area contributed by atoms with E-state index in [1.165, 1.54) is 18.3 Å². The summed E-state index contributed by atoms with van der Waals surface area (Å²) in [7, 11) is -4.13. The van der Waals surface area contributed by atoms with Crippen LogP contribution in [0.3, 0.4) is 0 Å². The molecule has 0 aliphatic carbocycles. The summed E-state index contributed by atoms with van der Waals surface area (Å²) in [6.45, 7) is 0.133. The number of aromatic nitrogens is 1. The fraction of sp³-hybridized carbons (Fsp3) is 0.286. The zero-order chi connectivity index (χ0) is 37.7.